The summed E-state index contributed by atoms with van der Waals surface area (Å²) in [7, 11) is 0. The minimum atomic E-state index is 0.274. The number of hydrogen-bond acceptors (Lipinski definition) is 2. The number of amides is 1. The van der Waals surface area contributed by atoms with Crippen molar-refractivity contribution in [2.24, 2.45) is 0 Å². The van der Waals surface area contributed by atoms with Crippen LogP contribution in [0.3, 0.4) is 0 Å². The molecule has 110 valence electrons. The van der Waals surface area contributed by atoms with Gasteiger partial charge >= 0.3 is 0 Å². The number of hydrogen-bond donors (Lipinski definition) is 0. The Hall–Kier alpha value is -1.06. The second-order valence-corrected chi connectivity index (χ2v) is 5.77. The molecule has 0 radical (unpaired) electrons. The molecule has 1 aliphatic rings. The molecule has 0 aliphatic carbocycles. The summed E-state index contributed by atoms with van der Waals surface area (Å²) in [6.45, 7) is 6.57. The molecule has 1 saturated heterocycles. The Bertz CT molecular complexity index is 425. The van der Waals surface area contributed by atoms with E-state index in [2.05, 4.69) is 36.1 Å². The molecule has 2 rings (SSSR count). The molecule has 0 N–H and O–H groups in total. The first-order chi connectivity index (χ1) is 9.69. The molecule has 0 aromatic heterocycles. The van der Waals surface area contributed by atoms with E-state index in [9.17, 15) is 4.79 Å². The minimum absolute atomic E-state index is 0.274. The summed E-state index contributed by atoms with van der Waals surface area (Å²) in [5.41, 5.74) is 2.50. The third-order valence-corrected chi connectivity index (χ3v) is 4.04. The zero-order valence-electron chi connectivity index (χ0n) is 12.1. The van der Waals surface area contributed by atoms with Crippen molar-refractivity contribution in [2.75, 3.05) is 38.6 Å². The van der Waals surface area contributed by atoms with E-state index in [1.54, 1.807) is 0 Å². The Balaban J connectivity index is 1.74. The van der Waals surface area contributed by atoms with Gasteiger partial charge in [-0.15, -0.1) is 11.6 Å². The Morgan fingerprint density at radius 2 is 1.80 bits per heavy atom. The molecular formula is C16H23ClN2O. The number of rotatable bonds is 5. The van der Waals surface area contributed by atoms with E-state index in [0.717, 1.165) is 39.1 Å². The zero-order valence-corrected chi connectivity index (χ0v) is 12.9. The molecular weight excluding hydrogens is 272 g/mol. The van der Waals surface area contributed by atoms with Gasteiger partial charge in [0, 0.05) is 45.0 Å². The van der Waals surface area contributed by atoms with E-state index in [0.29, 0.717) is 12.3 Å². The maximum absolute atomic E-state index is 12.2. The highest BCUT2D eigenvalue weighted by Crippen LogP contribution is 2.09. The number of alkyl halides is 1. The van der Waals surface area contributed by atoms with Crippen molar-refractivity contribution < 1.29 is 4.79 Å². The summed E-state index contributed by atoms with van der Waals surface area (Å²) in [5.74, 6) is 0.942. The SMILES string of the molecule is Cc1ccc(CCC(=O)N2CCN(CCCl)CC2)cc1. The third-order valence-electron chi connectivity index (χ3n) is 3.87. The van der Waals surface area contributed by atoms with E-state index in [-0.39, 0.29) is 5.91 Å². The van der Waals surface area contributed by atoms with E-state index in [1.807, 2.05) is 4.90 Å². The lowest BCUT2D eigenvalue weighted by Crippen LogP contribution is -2.49. The summed E-state index contributed by atoms with van der Waals surface area (Å²) in [5, 5.41) is 0. The van der Waals surface area contributed by atoms with E-state index in [1.165, 1.54) is 11.1 Å². The van der Waals surface area contributed by atoms with E-state index >= 15 is 0 Å². The number of nitrogens with zero attached hydrogens (tertiary/aromatic N) is 2. The predicted molar refractivity (Wildman–Crippen MR) is 83.2 cm³/mol. The minimum Gasteiger partial charge on any atom is -0.340 e. The van der Waals surface area contributed by atoms with Crippen LogP contribution in [-0.2, 0) is 11.2 Å². The van der Waals surface area contributed by atoms with Crippen molar-refractivity contribution in [3.05, 3.63) is 35.4 Å². The van der Waals surface area contributed by atoms with Gasteiger partial charge < -0.3 is 4.90 Å². The summed E-state index contributed by atoms with van der Waals surface area (Å²) in [6.07, 6.45) is 1.44. The molecule has 0 spiro atoms. The van der Waals surface area contributed by atoms with Crippen molar-refractivity contribution >= 4 is 17.5 Å². The van der Waals surface area contributed by atoms with Crippen molar-refractivity contribution in [3.63, 3.8) is 0 Å². The molecule has 1 aliphatic heterocycles. The normalized spacial score (nSPS) is 16.4. The Morgan fingerprint density at radius 1 is 1.15 bits per heavy atom. The first-order valence-electron chi connectivity index (χ1n) is 7.30. The van der Waals surface area contributed by atoms with Gasteiger partial charge in [-0.1, -0.05) is 29.8 Å². The molecule has 3 nitrogen and oxygen atoms in total. The number of carbonyl (C=O) groups excluding carboxylic acids is 1. The van der Waals surface area contributed by atoms with Crippen LogP contribution in [0.1, 0.15) is 17.5 Å². The molecule has 20 heavy (non-hydrogen) atoms. The second kappa shape index (κ2) is 7.65. The first-order valence-corrected chi connectivity index (χ1v) is 7.84. The number of carbonyl (C=O) groups is 1. The second-order valence-electron chi connectivity index (χ2n) is 5.40. The maximum atomic E-state index is 12.2. The van der Waals surface area contributed by atoms with Gasteiger partial charge in [-0.05, 0) is 18.9 Å². The zero-order chi connectivity index (χ0) is 14.4. The van der Waals surface area contributed by atoms with Crippen molar-refractivity contribution in [1.82, 2.24) is 9.80 Å². The molecule has 0 saturated carbocycles. The standard InChI is InChI=1S/C16H23ClN2O/c1-14-2-4-15(5-3-14)6-7-16(20)19-12-10-18(9-8-17)11-13-19/h2-5H,6-13H2,1H3. The third kappa shape index (κ3) is 4.50. The molecule has 0 atom stereocenters. The van der Waals surface area contributed by atoms with E-state index in [4.69, 9.17) is 11.6 Å². The highest BCUT2D eigenvalue weighted by molar-refractivity contribution is 6.18. The highest BCUT2D eigenvalue weighted by Gasteiger charge is 2.20. The van der Waals surface area contributed by atoms with Gasteiger partial charge in [-0.3, -0.25) is 9.69 Å². The lowest BCUT2D eigenvalue weighted by atomic mass is 10.1. The van der Waals surface area contributed by atoms with Gasteiger partial charge in [0.15, 0.2) is 0 Å². The maximum Gasteiger partial charge on any atom is 0.222 e. The van der Waals surface area contributed by atoms with E-state index < -0.39 is 0 Å². The monoisotopic (exact) mass is 294 g/mol. The van der Waals surface area contributed by atoms with Gasteiger partial charge in [0.2, 0.25) is 5.91 Å². The molecule has 1 aromatic rings. The van der Waals surface area contributed by atoms with Crippen LogP contribution in [0.15, 0.2) is 24.3 Å². The van der Waals surface area contributed by atoms with Crippen LogP contribution in [0.2, 0.25) is 0 Å². The topological polar surface area (TPSA) is 23.6 Å². The van der Waals surface area contributed by atoms with Crippen molar-refractivity contribution in [1.29, 1.82) is 0 Å². The van der Waals surface area contributed by atoms with Gasteiger partial charge in [0.25, 0.3) is 0 Å². The largest absolute Gasteiger partial charge is 0.340 e. The van der Waals surface area contributed by atoms with Gasteiger partial charge in [0.05, 0.1) is 0 Å². The quantitative estimate of drug-likeness (QED) is 0.778. The number of aryl methyl sites for hydroxylation is 2. The lowest BCUT2D eigenvalue weighted by molar-refractivity contribution is -0.132. The summed E-state index contributed by atoms with van der Waals surface area (Å²) < 4.78 is 0. The summed E-state index contributed by atoms with van der Waals surface area (Å²) >= 11 is 5.74. The molecule has 1 fully saturated rings. The first kappa shape index (κ1) is 15.3. The molecule has 1 amide bonds. The van der Waals surface area contributed by atoms with Gasteiger partial charge in [-0.25, -0.2) is 0 Å². The van der Waals surface area contributed by atoms with Crippen LogP contribution in [0.25, 0.3) is 0 Å². The van der Waals surface area contributed by atoms with Gasteiger partial charge in [-0.2, -0.15) is 0 Å². The fourth-order valence-electron chi connectivity index (χ4n) is 2.50. The molecule has 4 heteroatoms. The van der Waals surface area contributed by atoms with Crippen LogP contribution in [0.5, 0.6) is 0 Å². The Morgan fingerprint density at radius 3 is 2.40 bits per heavy atom. The number of benzene rings is 1. The number of halogens is 1. The van der Waals surface area contributed by atoms with Crippen LogP contribution in [-0.4, -0.2) is 54.3 Å². The van der Waals surface area contributed by atoms with Crippen molar-refractivity contribution in [2.45, 2.75) is 19.8 Å². The summed E-state index contributed by atoms with van der Waals surface area (Å²) in [4.78, 5) is 16.5. The molecule has 0 bridgehead atoms. The molecule has 1 aromatic carbocycles. The van der Waals surface area contributed by atoms with Crippen LogP contribution >= 0.6 is 11.6 Å². The number of piperazine rings is 1. The molecule has 1 heterocycles. The lowest BCUT2D eigenvalue weighted by Gasteiger charge is -2.34. The Labute approximate surface area is 126 Å². The predicted octanol–water partition coefficient (Wildman–Crippen LogP) is 2.31. The van der Waals surface area contributed by atoms with Crippen LogP contribution in [0.4, 0.5) is 0 Å². The van der Waals surface area contributed by atoms with Crippen LogP contribution in [0, 0.1) is 6.92 Å². The average Bonchev–Trinajstić information content (AvgIpc) is 2.47. The van der Waals surface area contributed by atoms with Crippen molar-refractivity contribution in [3.8, 4) is 0 Å². The summed E-state index contributed by atoms with van der Waals surface area (Å²) in [6, 6.07) is 8.43. The average molecular weight is 295 g/mol. The molecule has 0 unspecified atom stereocenters. The van der Waals surface area contributed by atoms with Gasteiger partial charge in [0.1, 0.15) is 0 Å². The highest BCUT2D eigenvalue weighted by atomic mass is 35.5. The Kier molecular flexibility index (Phi) is 5.86. The smallest absolute Gasteiger partial charge is 0.222 e. The fourth-order valence-corrected chi connectivity index (χ4v) is 2.74. The fraction of sp³-hybridized carbons (Fsp3) is 0.562. The van der Waals surface area contributed by atoms with Crippen LogP contribution < -0.4 is 0 Å².